The first-order chi connectivity index (χ1) is 11.2. The van der Waals surface area contributed by atoms with Crippen molar-refractivity contribution >= 4 is 33.8 Å². The lowest BCUT2D eigenvalue weighted by atomic mass is 10.0. The largest absolute Gasteiger partial charge is 0.482 e. The molecule has 0 amide bonds. The molecular weight excluding hydrogens is 349 g/mol. The van der Waals surface area contributed by atoms with Crippen molar-refractivity contribution in [3.63, 3.8) is 0 Å². The summed E-state index contributed by atoms with van der Waals surface area (Å²) in [4.78, 5) is 0. The first-order valence-corrected chi connectivity index (χ1v) is 8.28. The van der Waals surface area contributed by atoms with E-state index in [9.17, 15) is 9.50 Å². The fraction of sp³-hybridized carbons (Fsp3) is 0.222. The predicted octanol–water partition coefficient (Wildman–Crippen LogP) is 4.16. The van der Waals surface area contributed by atoms with Gasteiger partial charge in [0, 0.05) is 11.9 Å². The minimum absolute atomic E-state index is 0. The number of fused-ring (bicyclic) bond motifs is 1. The van der Waals surface area contributed by atoms with Crippen LogP contribution >= 0.6 is 23.7 Å². The van der Waals surface area contributed by atoms with Crippen LogP contribution in [0.2, 0.25) is 0 Å². The van der Waals surface area contributed by atoms with E-state index in [-0.39, 0.29) is 18.2 Å². The van der Waals surface area contributed by atoms with Crippen molar-refractivity contribution in [1.29, 1.82) is 0 Å². The van der Waals surface area contributed by atoms with Crippen LogP contribution in [0.15, 0.2) is 53.9 Å². The molecule has 3 rings (SSSR count). The van der Waals surface area contributed by atoms with E-state index in [4.69, 9.17) is 4.74 Å². The number of ether oxygens (including phenoxy) is 1. The van der Waals surface area contributed by atoms with Gasteiger partial charge in [-0.1, -0.05) is 30.3 Å². The zero-order valence-corrected chi connectivity index (χ0v) is 14.7. The van der Waals surface area contributed by atoms with Crippen LogP contribution < -0.4 is 10.1 Å². The Morgan fingerprint density at radius 3 is 2.62 bits per heavy atom. The fourth-order valence-corrected chi connectivity index (χ4v) is 3.39. The van der Waals surface area contributed by atoms with Crippen molar-refractivity contribution < 1.29 is 14.2 Å². The van der Waals surface area contributed by atoms with Gasteiger partial charge in [-0.2, -0.15) is 0 Å². The Balaban J connectivity index is 0.00000208. The van der Waals surface area contributed by atoms with E-state index in [1.807, 2.05) is 41.8 Å². The molecule has 1 heterocycles. The Bertz CT molecular complexity index is 781. The lowest BCUT2D eigenvalue weighted by Gasteiger charge is -2.25. The van der Waals surface area contributed by atoms with Gasteiger partial charge in [0.2, 0.25) is 0 Å². The molecule has 1 aromatic heterocycles. The average Bonchev–Trinajstić information content (AvgIpc) is 3.06. The third-order valence-corrected chi connectivity index (χ3v) is 4.60. The summed E-state index contributed by atoms with van der Waals surface area (Å²) in [5.41, 5.74) is 0.878. The average molecular weight is 368 g/mol. The highest BCUT2D eigenvalue weighted by Crippen LogP contribution is 2.35. The quantitative estimate of drug-likeness (QED) is 0.687. The van der Waals surface area contributed by atoms with Crippen molar-refractivity contribution in [2.75, 3.05) is 13.6 Å². The van der Waals surface area contributed by atoms with Crippen LogP contribution in [0.4, 0.5) is 4.39 Å². The number of benzene rings is 2. The Labute approximate surface area is 150 Å². The molecule has 0 aliphatic heterocycles. The summed E-state index contributed by atoms with van der Waals surface area (Å²) in [7, 11) is 1.78. The van der Waals surface area contributed by atoms with Crippen LogP contribution in [-0.2, 0) is 0 Å². The number of aliphatic hydroxyl groups excluding tert-OH is 1. The second kappa shape index (κ2) is 8.44. The molecule has 3 nitrogen and oxygen atoms in total. The van der Waals surface area contributed by atoms with Gasteiger partial charge in [-0.05, 0) is 36.2 Å². The van der Waals surface area contributed by atoms with Crippen LogP contribution in [0.1, 0.15) is 11.7 Å². The van der Waals surface area contributed by atoms with E-state index >= 15 is 0 Å². The molecule has 2 N–H and O–H groups in total. The van der Waals surface area contributed by atoms with Crippen LogP contribution in [0.25, 0.3) is 10.1 Å². The molecule has 0 aliphatic carbocycles. The lowest BCUT2D eigenvalue weighted by molar-refractivity contribution is 0.0379. The Morgan fingerprint density at radius 1 is 1.17 bits per heavy atom. The zero-order valence-electron chi connectivity index (χ0n) is 13.1. The van der Waals surface area contributed by atoms with E-state index in [1.54, 1.807) is 13.1 Å². The van der Waals surface area contributed by atoms with Gasteiger partial charge in [0.15, 0.2) is 6.10 Å². The molecule has 3 aromatic rings. The van der Waals surface area contributed by atoms with Crippen molar-refractivity contribution in [1.82, 2.24) is 5.32 Å². The molecule has 0 aliphatic rings. The van der Waals surface area contributed by atoms with Gasteiger partial charge in [0.1, 0.15) is 17.7 Å². The summed E-state index contributed by atoms with van der Waals surface area (Å²) in [6.07, 6.45) is -1.25. The fourth-order valence-electron chi connectivity index (χ4n) is 2.57. The Morgan fingerprint density at radius 2 is 1.92 bits per heavy atom. The standard InChI is InChI=1S/C18H18FNO2S.ClH/c1-20-11-15(21)17(12-5-3-2-4-6-12)22-16-8-7-14(19)18-13(16)9-10-23-18;/h2-10,15,17,20-21H,11H2,1H3;1H/t15-,17+;/m1./s1. The van der Waals surface area contributed by atoms with E-state index in [0.717, 1.165) is 10.9 Å². The molecule has 0 fully saturated rings. The molecule has 0 bridgehead atoms. The normalized spacial score (nSPS) is 13.3. The molecule has 0 unspecified atom stereocenters. The number of halogens is 2. The Kier molecular flexibility index (Phi) is 6.57. The summed E-state index contributed by atoms with van der Waals surface area (Å²) in [6.45, 7) is 0.396. The maximum Gasteiger partial charge on any atom is 0.151 e. The maximum atomic E-state index is 13.8. The summed E-state index contributed by atoms with van der Waals surface area (Å²) < 4.78 is 20.5. The van der Waals surface area contributed by atoms with Crippen LogP contribution in [0.3, 0.4) is 0 Å². The topological polar surface area (TPSA) is 41.5 Å². The van der Waals surface area contributed by atoms with Gasteiger partial charge in [-0.25, -0.2) is 4.39 Å². The first kappa shape index (κ1) is 18.7. The van der Waals surface area contributed by atoms with Crippen LogP contribution in [-0.4, -0.2) is 24.8 Å². The predicted molar refractivity (Wildman–Crippen MR) is 98.8 cm³/mol. The molecule has 6 heteroatoms. The maximum absolute atomic E-state index is 13.8. The lowest BCUT2D eigenvalue weighted by Crippen LogP contribution is -2.32. The second-order valence-corrected chi connectivity index (χ2v) is 6.20. The number of hydrogen-bond donors (Lipinski definition) is 2. The second-order valence-electron chi connectivity index (χ2n) is 5.28. The van der Waals surface area contributed by atoms with E-state index < -0.39 is 12.2 Å². The molecular formula is C18H19ClFNO2S. The number of thiophene rings is 1. The van der Waals surface area contributed by atoms with Crippen molar-refractivity contribution in [2.24, 2.45) is 0 Å². The minimum atomic E-state index is -0.721. The smallest absolute Gasteiger partial charge is 0.151 e. The van der Waals surface area contributed by atoms with Crippen LogP contribution in [0.5, 0.6) is 5.75 Å². The molecule has 0 spiro atoms. The number of hydrogen-bond acceptors (Lipinski definition) is 4. The zero-order chi connectivity index (χ0) is 16.2. The summed E-state index contributed by atoms with van der Waals surface area (Å²) in [5.74, 6) is 0.320. The van der Waals surface area contributed by atoms with E-state index in [2.05, 4.69) is 5.32 Å². The molecule has 0 radical (unpaired) electrons. The summed E-state index contributed by atoms with van der Waals surface area (Å²) in [6, 6.07) is 14.4. The monoisotopic (exact) mass is 367 g/mol. The summed E-state index contributed by atoms with van der Waals surface area (Å²) >= 11 is 1.34. The van der Waals surface area contributed by atoms with Crippen LogP contribution in [0, 0.1) is 5.82 Å². The third kappa shape index (κ3) is 3.87. The highest BCUT2D eigenvalue weighted by Gasteiger charge is 2.23. The number of nitrogens with one attached hydrogen (secondary N) is 1. The third-order valence-electron chi connectivity index (χ3n) is 3.67. The van der Waals surface area contributed by atoms with Crippen molar-refractivity contribution in [2.45, 2.75) is 12.2 Å². The molecule has 0 saturated carbocycles. The molecule has 0 saturated heterocycles. The van der Waals surface area contributed by atoms with Crippen molar-refractivity contribution in [3.8, 4) is 5.75 Å². The number of aliphatic hydroxyl groups is 1. The number of rotatable bonds is 6. The highest BCUT2D eigenvalue weighted by atomic mass is 35.5. The minimum Gasteiger partial charge on any atom is -0.482 e. The van der Waals surface area contributed by atoms with Gasteiger partial charge >= 0.3 is 0 Å². The van der Waals surface area contributed by atoms with E-state index in [1.165, 1.54) is 17.4 Å². The van der Waals surface area contributed by atoms with Gasteiger partial charge in [0.05, 0.1) is 4.70 Å². The molecule has 2 aromatic carbocycles. The molecule has 128 valence electrons. The number of likely N-dealkylation sites (N-methyl/N-ethyl adjacent to an activating group) is 1. The molecule has 24 heavy (non-hydrogen) atoms. The van der Waals surface area contributed by atoms with Gasteiger partial charge in [-0.3, -0.25) is 0 Å². The van der Waals surface area contributed by atoms with Gasteiger partial charge in [0.25, 0.3) is 0 Å². The first-order valence-electron chi connectivity index (χ1n) is 7.40. The summed E-state index contributed by atoms with van der Waals surface area (Å²) in [5, 5.41) is 16.0. The highest BCUT2D eigenvalue weighted by molar-refractivity contribution is 7.17. The Hall–Kier alpha value is -1.66. The van der Waals surface area contributed by atoms with Gasteiger partial charge in [-0.15, -0.1) is 23.7 Å². The van der Waals surface area contributed by atoms with Crippen molar-refractivity contribution in [3.05, 3.63) is 65.3 Å². The van der Waals surface area contributed by atoms with Gasteiger partial charge < -0.3 is 15.2 Å². The van der Waals surface area contributed by atoms with E-state index in [0.29, 0.717) is 17.0 Å². The SMILES string of the molecule is CNC[C@@H](O)[C@@H](Oc1ccc(F)c2sccc12)c1ccccc1.Cl. The molecule has 2 atom stereocenters.